The molecule has 2 heterocycles. The molecule has 0 aliphatic rings. The zero-order valence-electron chi connectivity index (χ0n) is 46.2. The third-order valence-corrected chi connectivity index (χ3v) is 16.7. The molecule has 0 bridgehead atoms. The molecule has 4 heteroatoms. The molecule has 0 aliphatic carbocycles. The summed E-state index contributed by atoms with van der Waals surface area (Å²) < 4.78 is 13.2. The second-order valence-electron chi connectivity index (χ2n) is 21.8. The maximum absolute atomic E-state index is 6.58. The average molecular weight is 1040 g/mol. The third kappa shape index (κ3) is 8.19. The average Bonchev–Trinajstić information content (AvgIpc) is 4.12. The Bertz CT molecular complexity index is 4250. The molecule has 0 aliphatic heterocycles. The second kappa shape index (κ2) is 20.6. The van der Waals surface area contributed by atoms with Crippen molar-refractivity contribution in [3.8, 4) is 22.3 Å². The molecule has 14 aromatic rings. The van der Waals surface area contributed by atoms with Crippen molar-refractivity contribution < 1.29 is 8.83 Å². The van der Waals surface area contributed by atoms with Gasteiger partial charge in [0.2, 0.25) is 0 Å². The molecule has 4 nitrogen and oxygen atoms in total. The molecule has 12 aromatic carbocycles. The lowest BCUT2D eigenvalue weighted by atomic mass is 9.90. The summed E-state index contributed by atoms with van der Waals surface area (Å²) in [7, 11) is 0. The first-order chi connectivity index (χ1) is 39.5. The van der Waals surface area contributed by atoms with Crippen molar-refractivity contribution in [3.63, 3.8) is 0 Å². The van der Waals surface area contributed by atoms with Crippen LogP contribution in [0.1, 0.15) is 75.6 Å². The van der Waals surface area contributed by atoms with Gasteiger partial charge >= 0.3 is 0 Å². The molecule has 14 rings (SSSR count). The fourth-order valence-electron chi connectivity index (χ4n) is 13.2. The highest BCUT2D eigenvalue weighted by Gasteiger charge is 2.27. The summed E-state index contributed by atoms with van der Waals surface area (Å²) in [5.41, 5.74) is 20.8. The summed E-state index contributed by atoms with van der Waals surface area (Å²) in [5, 5.41) is 12.1. The predicted molar refractivity (Wildman–Crippen MR) is 341 cm³/mol. The van der Waals surface area contributed by atoms with Crippen molar-refractivity contribution in [2.45, 2.75) is 79.1 Å². The van der Waals surface area contributed by atoms with Crippen molar-refractivity contribution in [1.29, 1.82) is 0 Å². The Balaban J connectivity index is 0.967. The van der Waals surface area contributed by atoms with Crippen LogP contribution in [-0.2, 0) is 25.7 Å². The van der Waals surface area contributed by atoms with Crippen molar-refractivity contribution >= 4 is 110 Å². The van der Waals surface area contributed by atoms with Crippen molar-refractivity contribution in [1.82, 2.24) is 0 Å². The van der Waals surface area contributed by atoms with Crippen LogP contribution in [0.3, 0.4) is 0 Å². The Labute approximate surface area is 468 Å². The highest BCUT2D eigenvalue weighted by molar-refractivity contribution is 6.28. The molecule has 0 atom stereocenters. The van der Waals surface area contributed by atoms with Gasteiger partial charge in [-0.3, -0.25) is 0 Å². The van der Waals surface area contributed by atoms with Crippen LogP contribution < -0.4 is 9.80 Å². The summed E-state index contributed by atoms with van der Waals surface area (Å²) >= 11 is 0. The first-order valence-electron chi connectivity index (χ1n) is 29.1. The smallest absolute Gasteiger partial charge is 0.143 e. The molecule has 0 spiro atoms. The van der Waals surface area contributed by atoms with E-state index in [2.05, 4.69) is 244 Å². The van der Waals surface area contributed by atoms with E-state index in [4.69, 9.17) is 8.83 Å². The van der Waals surface area contributed by atoms with E-state index in [9.17, 15) is 0 Å². The number of anilines is 6. The van der Waals surface area contributed by atoms with Crippen LogP contribution >= 0.6 is 0 Å². The van der Waals surface area contributed by atoms with Crippen LogP contribution in [0.2, 0.25) is 0 Å². The SMILES string of the molecule is CCCc1cccc(CCC)c1N(c1ccc(-c2cccc3c2oc2ccccc23)cc1)c1ccc2ccc3c(N(c4ccc(-c5cccc6c5oc5ccccc56)cc4)c4c(CCC)cccc4CCC)ccc4ccc1c2c43. The quantitative estimate of drug-likeness (QED) is 0.0903. The van der Waals surface area contributed by atoms with Gasteiger partial charge in [-0.15, -0.1) is 0 Å². The summed E-state index contributed by atoms with van der Waals surface area (Å²) in [5.74, 6) is 0. The lowest BCUT2D eigenvalue weighted by molar-refractivity contribution is 0.669. The first kappa shape index (κ1) is 49.2. The molecule has 0 fully saturated rings. The van der Waals surface area contributed by atoms with E-state index in [0.29, 0.717) is 0 Å². The first-order valence-corrected chi connectivity index (χ1v) is 29.1. The van der Waals surface area contributed by atoms with E-state index in [1.165, 1.54) is 77.3 Å². The third-order valence-electron chi connectivity index (χ3n) is 16.7. The minimum Gasteiger partial charge on any atom is -0.455 e. The standard InChI is InChI=1S/C76H64N2O2/c1-5-17-53-21-13-22-54(18-6-2)73(53)77(57-41-33-49(34-42-57)59-27-15-29-63-61-25-9-11-31-69(61)79-75(59)63)67-47-39-51-38-46-66-68(48-40-52-37-45-65(67)71(51)72(52)66)78(74-55(19-7-3)23-14-24-56(74)20-8-4)58-43-35-50(36-44-58)60-28-16-30-64-62-26-10-12-32-70(62)80-76(60)64/h9-16,21-48H,5-8,17-20H2,1-4H3. The van der Waals surface area contributed by atoms with Gasteiger partial charge in [0, 0.05) is 54.8 Å². The van der Waals surface area contributed by atoms with Gasteiger partial charge in [-0.05, 0) is 129 Å². The van der Waals surface area contributed by atoms with E-state index in [1.807, 2.05) is 12.1 Å². The van der Waals surface area contributed by atoms with Gasteiger partial charge in [0.25, 0.3) is 0 Å². The molecule has 390 valence electrons. The maximum atomic E-state index is 6.58. The highest BCUT2D eigenvalue weighted by atomic mass is 16.3. The predicted octanol–water partition coefficient (Wildman–Crippen LogP) is 22.5. The minimum atomic E-state index is 0.910. The lowest BCUT2D eigenvalue weighted by Gasteiger charge is -2.33. The van der Waals surface area contributed by atoms with Gasteiger partial charge in [-0.1, -0.05) is 223 Å². The number of para-hydroxylation sites is 6. The van der Waals surface area contributed by atoms with Crippen LogP contribution in [0.15, 0.2) is 227 Å². The van der Waals surface area contributed by atoms with Gasteiger partial charge in [0.15, 0.2) is 0 Å². The maximum Gasteiger partial charge on any atom is 0.143 e. The molecule has 0 N–H and O–H groups in total. The number of furan rings is 2. The van der Waals surface area contributed by atoms with Gasteiger partial charge in [0.1, 0.15) is 22.3 Å². The number of nitrogens with zero attached hydrogens (tertiary/aromatic N) is 2. The monoisotopic (exact) mass is 1040 g/mol. The fraction of sp³-hybridized carbons (Fsp3) is 0.158. The molecule has 2 aromatic heterocycles. The summed E-state index contributed by atoms with van der Waals surface area (Å²) in [4.78, 5) is 5.18. The topological polar surface area (TPSA) is 32.8 Å². The van der Waals surface area contributed by atoms with Crippen LogP contribution in [0.4, 0.5) is 34.1 Å². The molecule has 0 saturated heterocycles. The molecule has 0 saturated carbocycles. The van der Waals surface area contributed by atoms with Gasteiger partial charge < -0.3 is 18.6 Å². The van der Waals surface area contributed by atoms with Crippen molar-refractivity contribution in [3.05, 3.63) is 241 Å². The summed E-state index contributed by atoms with van der Waals surface area (Å²) in [6, 6.07) is 81.2. The van der Waals surface area contributed by atoms with Crippen LogP contribution in [0, 0.1) is 0 Å². The fourth-order valence-corrected chi connectivity index (χ4v) is 13.2. The Morgan fingerprint density at radius 2 is 0.650 bits per heavy atom. The van der Waals surface area contributed by atoms with Crippen LogP contribution in [0.25, 0.3) is 98.4 Å². The van der Waals surface area contributed by atoms with E-state index in [0.717, 1.165) is 129 Å². The van der Waals surface area contributed by atoms with E-state index in [1.54, 1.807) is 0 Å². The molecule has 0 unspecified atom stereocenters. The Morgan fingerprint density at radius 1 is 0.300 bits per heavy atom. The highest BCUT2D eigenvalue weighted by Crippen LogP contribution is 2.51. The molecule has 0 radical (unpaired) electrons. The number of benzene rings is 12. The second-order valence-corrected chi connectivity index (χ2v) is 21.8. The molecule has 80 heavy (non-hydrogen) atoms. The van der Waals surface area contributed by atoms with Gasteiger partial charge in [-0.2, -0.15) is 0 Å². The van der Waals surface area contributed by atoms with E-state index >= 15 is 0 Å². The summed E-state index contributed by atoms with van der Waals surface area (Å²) in [6.07, 6.45) is 8.14. The molecular weight excluding hydrogens is 973 g/mol. The van der Waals surface area contributed by atoms with Crippen molar-refractivity contribution in [2.24, 2.45) is 0 Å². The normalized spacial score (nSPS) is 11.9. The minimum absolute atomic E-state index is 0.910. The van der Waals surface area contributed by atoms with Crippen LogP contribution in [0.5, 0.6) is 0 Å². The van der Waals surface area contributed by atoms with Crippen molar-refractivity contribution in [2.75, 3.05) is 9.80 Å². The molecule has 0 amide bonds. The number of aryl methyl sites for hydroxylation is 4. The van der Waals surface area contributed by atoms with E-state index < -0.39 is 0 Å². The van der Waals surface area contributed by atoms with E-state index in [-0.39, 0.29) is 0 Å². The lowest BCUT2D eigenvalue weighted by Crippen LogP contribution is -2.16. The Morgan fingerprint density at radius 3 is 1.04 bits per heavy atom. The summed E-state index contributed by atoms with van der Waals surface area (Å²) in [6.45, 7) is 9.20. The Kier molecular flexibility index (Phi) is 12.7. The zero-order valence-corrected chi connectivity index (χ0v) is 46.2. The van der Waals surface area contributed by atoms with Gasteiger partial charge in [-0.25, -0.2) is 0 Å². The van der Waals surface area contributed by atoms with Gasteiger partial charge in [0.05, 0.1) is 22.7 Å². The number of fused-ring (bicyclic) bond motifs is 6. The number of hydrogen-bond acceptors (Lipinski definition) is 4. The zero-order chi connectivity index (χ0) is 53.8. The largest absolute Gasteiger partial charge is 0.455 e. The number of rotatable bonds is 16. The van der Waals surface area contributed by atoms with Crippen LogP contribution in [-0.4, -0.2) is 0 Å². The number of hydrogen-bond donors (Lipinski definition) is 0. The molecular formula is C76H64N2O2. The Hall–Kier alpha value is -9.12.